The van der Waals surface area contributed by atoms with E-state index in [9.17, 15) is 0 Å². The molecular formula is C9H7O. The average molecular weight is 131 g/mol. The fraction of sp³-hybridized carbons (Fsp3) is 0.111. The maximum atomic E-state index is 4.89. The normalized spacial score (nSPS) is 10.5. The molecule has 0 aliphatic rings. The second-order valence-electron chi connectivity index (χ2n) is 2.43. The maximum absolute atomic E-state index is 4.89. The first-order chi connectivity index (χ1) is 4.86. The van der Waals surface area contributed by atoms with Crippen molar-refractivity contribution in [1.29, 1.82) is 0 Å². The van der Waals surface area contributed by atoms with E-state index < -0.39 is 0 Å². The molecule has 0 saturated heterocycles. The molecule has 0 saturated carbocycles. The van der Waals surface area contributed by atoms with Gasteiger partial charge in [-0.3, -0.25) is 0 Å². The third-order valence-corrected chi connectivity index (χ3v) is 1.56. The molecule has 0 spiro atoms. The predicted octanol–water partition coefficient (Wildman–Crippen LogP) is 2.54. The Labute approximate surface area is 59.3 Å². The maximum Gasteiger partial charge on any atom is 0.177 e. The van der Waals surface area contributed by atoms with Gasteiger partial charge in [-0.15, -0.1) is 0 Å². The lowest BCUT2D eigenvalue weighted by molar-refractivity contribution is 0.563. The number of aryl methyl sites for hydroxylation is 1. The van der Waals surface area contributed by atoms with E-state index in [0.29, 0.717) is 0 Å². The van der Waals surface area contributed by atoms with Gasteiger partial charge >= 0.3 is 0 Å². The van der Waals surface area contributed by atoms with Crippen LogP contribution in [-0.2, 0) is 0 Å². The molecule has 0 bridgehead atoms. The average Bonchev–Trinajstić information content (AvgIpc) is 2.33. The van der Waals surface area contributed by atoms with Gasteiger partial charge in [-0.1, -0.05) is 17.7 Å². The van der Waals surface area contributed by atoms with Crippen molar-refractivity contribution in [2.45, 2.75) is 6.92 Å². The molecule has 0 aliphatic carbocycles. The molecule has 2 aromatic rings. The minimum atomic E-state index is 1.05. The Hall–Kier alpha value is -1.24. The van der Waals surface area contributed by atoms with Crippen molar-refractivity contribution in [3.8, 4) is 0 Å². The van der Waals surface area contributed by atoms with Gasteiger partial charge in [0.1, 0.15) is 0 Å². The van der Waals surface area contributed by atoms with Crippen LogP contribution in [-0.4, -0.2) is 0 Å². The highest BCUT2D eigenvalue weighted by molar-refractivity contribution is 5.80. The zero-order valence-electron chi connectivity index (χ0n) is 5.72. The van der Waals surface area contributed by atoms with Crippen molar-refractivity contribution < 1.29 is 4.42 Å². The molecule has 1 radical (unpaired) electrons. The molecule has 1 heterocycles. The molecular weight excluding hydrogens is 124 g/mol. The Morgan fingerprint density at radius 3 is 3.20 bits per heavy atom. The largest absolute Gasteiger partial charge is 0.460 e. The summed E-state index contributed by atoms with van der Waals surface area (Å²) in [5.41, 5.74) is 1.25. The van der Waals surface area contributed by atoms with Crippen molar-refractivity contribution in [1.82, 2.24) is 0 Å². The molecule has 0 amide bonds. The molecule has 1 nitrogen and oxygen atoms in total. The van der Waals surface area contributed by atoms with E-state index in [1.807, 2.05) is 12.1 Å². The summed E-state index contributed by atoms with van der Waals surface area (Å²) >= 11 is 0. The minimum absolute atomic E-state index is 1.05. The number of hydrogen-bond donors (Lipinski definition) is 0. The summed E-state index contributed by atoms with van der Waals surface area (Å²) in [5, 5.41) is 2.17. The lowest BCUT2D eigenvalue weighted by Crippen LogP contribution is -1.67. The minimum Gasteiger partial charge on any atom is -0.460 e. The number of benzene rings is 1. The molecule has 0 aliphatic heterocycles. The van der Waals surface area contributed by atoms with Crippen LogP contribution in [0.25, 0.3) is 10.8 Å². The van der Waals surface area contributed by atoms with Gasteiger partial charge in [0.2, 0.25) is 0 Å². The van der Waals surface area contributed by atoms with Gasteiger partial charge in [0.25, 0.3) is 0 Å². The lowest BCUT2D eigenvalue weighted by Gasteiger charge is -1.88. The molecule has 1 heteroatoms. The van der Waals surface area contributed by atoms with Crippen LogP contribution in [0.3, 0.4) is 0 Å². The number of fused-ring (bicyclic) bond motifs is 1. The van der Waals surface area contributed by atoms with Crippen LogP contribution in [0, 0.1) is 13.2 Å². The van der Waals surface area contributed by atoms with E-state index >= 15 is 0 Å². The first-order valence-electron chi connectivity index (χ1n) is 3.22. The zero-order valence-corrected chi connectivity index (χ0v) is 5.72. The van der Waals surface area contributed by atoms with Crippen LogP contribution in [0.15, 0.2) is 28.9 Å². The molecule has 1 aromatic heterocycles. The van der Waals surface area contributed by atoms with Crippen molar-refractivity contribution in [2.75, 3.05) is 0 Å². The van der Waals surface area contributed by atoms with Crippen molar-refractivity contribution in [2.24, 2.45) is 0 Å². The fourth-order valence-electron chi connectivity index (χ4n) is 1.03. The van der Waals surface area contributed by atoms with E-state index in [1.165, 1.54) is 5.56 Å². The van der Waals surface area contributed by atoms with Crippen LogP contribution >= 0.6 is 0 Å². The molecule has 0 fully saturated rings. The summed E-state index contributed by atoms with van der Waals surface area (Å²) in [5.74, 6) is 0. The Morgan fingerprint density at radius 2 is 2.30 bits per heavy atom. The number of furan rings is 1. The molecule has 10 heavy (non-hydrogen) atoms. The third-order valence-electron chi connectivity index (χ3n) is 1.56. The van der Waals surface area contributed by atoms with Gasteiger partial charge in [-0.2, -0.15) is 0 Å². The van der Waals surface area contributed by atoms with E-state index in [1.54, 1.807) is 6.26 Å². The quantitative estimate of drug-likeness (QED) is 0.535. The van der Waals surface area contributed by atoms with Crippen molar-refractivity contribution in [3.05, 3.63) is 36.3 Å². The number of hydrogen-bond acceptors (Lipinski definition) is 1. The highest BCUT2D eigenvalue weighted by atomic mass is 16.3. The summed E-state index contributed by atoms with van der Waals surface area (Å²) in [6.45, 7) is 2.06. The summed E-state index contributed by atoms with van der Waals surface area (Å²) in [4.78, 5) is 0. The van der Waals surface area contributed by atoms with E-state index in [4.69, 9.17) is 4.42 Å². The Balaban J connectivity index is 2.86. The Kier molecular flexibility index (Phi) is 1.04. The molecule has 1 aromatic carbocycles. The monoisotopic (exact) mass is 131 g/mol. The van der Waals surface area contributed by atoms with Gasteiger partial charge < -0.3 is 4.42 Å². The Bertz CT molecular complexity index is 346. The second kappa shape index (κ2) is 1.87. The molecule has 2 rings (SSSR count). The SMILES string of the molecule is Cc1ccc2[c]occ2c1. The van der Waals surface area contributed by atoms with Crippen molar-refractivity contribution >= 4 is 10.8 Å². The molecule has 0 atom stereocenters. The summed E-state index contributed by atoms with van der Waals surface area (Å²) < 4.78 is 4.89. The van der Waals surface area contributed by atoms with Crippen LogP contribution < -0.4 is 0 Å². The van der Waals surface area contributed by atoms with Crippen LogP contribution in [0.5, 0.6) is 0 Å². The molecule has 0 unspecified atom stereocenters. The van der Waals surface area contributed by atoms with Gasteiger partial charge in [-0.25, -0.2) is 0 Å². The second-order valence-corrected chi connectivity index (χ2v) is 2.43. The zero-order chi connectivity index (χ0) is 6.97. The molecule has 0 N–H and O–H groups in total. The van der Waals surface area contributed by atoms with Crippen LogP contribution in [0.4, 0.5) is 0 Å². The Morgan fingerprint density at radius 1 is 1.40 bits per heavy atom. The topological polar surface area (TPSA) is 13.1 Å². The third kappa shape index (κ3) is 0.711. The highest BCUT2D eigenvalue weighted by Gasteiger charge is 1.93. The summed E-state index contributed by atoms with van der Waals surface area (Å²) in [6.07, 6.45) is 4.48. The van der Waals surface area contributed by atoms with Crippen LogP contribution in [0.1, 0.15) is 5.56 Å². The van der Waals surface area contributed by atoms with E-state index in [2.05, 4.69) is 19.3 Å². The first-order valence-corrected chi connectivity index (χ1v) is 3.22. The number of rotatable bonds is 0. The van der Waals surface area contributed by atoms with Gasteiger partial charge in [0, 0.05) is 10.8 Å². The lowest BCUT2D eigenvalue weighted by atomic mass is 10.1. The van der Waals surface area contributed by atoms with Gasteiger partial charge in [0.15, 0.2) is 6.26 Å². The van der Waals surface area contributed by atoms with Gasteiger partial charge in [-0.05, 0) is 13.0 Å². The molecule has 49 valence electrons. The first kappa shape index (κ1) is 5.54. The van der Waals surface area contributed by atoms with Gasteiger partial charge in [0.05, 0.1) is 6.26 Å². The van der Waals surface area contributed by atoms with E-state index in [0.717, 1.165) is 10.8 Å². The van der Waals surface area contributed by atoms with Crippen molar-refractivity contribution in [3.63, 3.8) is 0 Å². The van der Waals surface area contributed by atoms with E-state index in [-0.39, 0.29) is 0 Å². The standard InChI is InChI=1S/C9H7O/c1-7-2-3-8-5-10-6-9(8)4-7/h2-4,6H,1H3. The smallest absolute Gasteiger partial charge is 0.177 e. The summed E-state index contributed by atoms with van der Waals surface area (Å²) in [6, 6.07) is 6.14. The van der Waals surface area contributed by atoms with Crippen LogP contribution in [0.2, 0.25) is 0 Å². The highest BCUT2D eigenvalue weighted by Crippen LogP contribution is 2.15. The summed E-state index contributed by atoms with van der Waals surface area (Å²) in [7, 11) is 0. The fourth-order valence-corrected chi connectivity index (χ4v) is 1.03. The predicted molar refractivity (Wildman–Crippen MR) is 39.8 cm³/mol.